The fourth-order valence-corrected chi connectivity index (χ4v) is 12.5. The lowest BCUT2D eigenvalue weighted by molar-refractivity contribution is 1.16. The Bertz CT molecular complexity index is 4530. The van der Waals surface area contributed by atoms with Crippen LogP contribution in [0.5, 0.6) is 0 Å². The number of para-hydroxylation sites is 4. The van der Waals surface area contributed by atoms with Crippen molar-refractivity contribution in [3.63, 3.8) is 0 Å². The Morgan fingerprint density at radius 2 is 0.595 bits per heavy atom. The number of rotatable bonds is 8. The molecule has 11 aromatic carbocycles. The van der Waals surface area contributed by atoms with Crippen LogP contribution >= 0.6 is 0 Å². The van der Waals surface area contributed by atoms with Crippen molar-refractivity contribution in [1.82, 2.24) is 23.7 Å². The maximum Gasteiger partial charge on any atom is 0.160 e. The number of aromatic nitrogens is 5. The average molecular weight is 1010 g/mol. The first-order chi connectivity index (χ1) is 38.8. The van der Waals surface area contributed by atoms with E-state index in [-0.39, 0.29) is 0 Å². The molecule has 0 fully saturated rings. The SMILES string of the molecule is Cc1ccc(-c2cc(-c3cc(C)c(-c4ccc(-c5ccc(-n6c7ccc(-n8c9ccccc9c9ccccc98)cc7c7cc(-n8c9ccccc9c9ccccc98)ccc76)cc5)cc4)c(C)c3)nc(-c3ccc(C)cc3)n2)cc1. The minimum absolute atomic E-state index is 0.723. The van der Waals surface area contributed by atoms with E-state index in [0.717, 1.165) is 62.0 Å². The normalized spacial score (nSPS) is 11.8. The summed E-state index contributed by atoms with van der Waals surface area (Å²) in [5.41, 5.74) is 25.1. The molecule has 0 amide bonds. The number of benzene rings is 11. The Hall–Kier alpha value is -10.1. The van der Waals surface area contributed by atoms with Crippen LogP contribution in [0, 0.1) is 27.7 Å². The number of aryl methyl sites for hydroxylation is 4. The van der Waals surface area contributed by atoms with Gasteiger partial charge in [-0.1, -0.05) is 169 Å². The highest BCUT2D eigenvalue weighted by Gasteiger charge is 2.20. The van der Waals surface area contributed by atoms with Crippen molar-refractivity contribution in [3.05, 3.63) is 271 Å². The molecular formula is C74H53N5. The number of hydrogen-bond donors (Lipinski definition) is 0. The zero-order valence-corrected chi connectivity index (χ0v) is 44.4. The topological polar surface area (TPSA) is 40.6 Å². The zero-order chi connectivity index (χ0) is 52.9. The smallest absolute Gasteiger partial charge is 0.160 e. The number of hydrogen-bond acceptors (Lipinski definition) is 2. The van der Waals surface area contributed by atoms with Crippen LogP contribution in [0.25, 0.3) is 139 Å². The maximum atomic E-state index is 5.18. The predicted octanol–water partition coefficient (Wildman–Crippen LogP) is 19.3. The third kappa shape index (κ3) is 7.68. The third-order valence-corrected chi connectivity index (χ3v) is 16.3. The molecule has 374 valence electrons. The summed E-state index contributed by atoms with van der Waals surface area (Å²) in [5, 5.41) is 7.41. The summed E-state index contributed by atoms with van der Waals surface area (Å²) in [6.07, 6.45) is 0. The molecule has 4 heterocycles. The number of nitrogens with zero attached hydrogens (tertiary/aromatic N) is 5. The molecule has 0 spiro atoms. The molecule has 15 rings (SSSR count). The second kappa shape index (κ2) is 18.3. The Morgan fingerprint density at radius 1 is 0.253 bits per heavy atom. The van der Waals surface area contributed by atoms with Crippen LogP contribution in [-0.4, -0.2) is 23.7 Å². The molecule has 0 aliphatic heterocycles. The van der Waals surface area contributed by atoms with Gasteiger partial charge in [-0.25, -0.2) is 9.97 Å². The van der Waals surface area contributed by atoms with Crippen molar-refractivity contribution in [2.45, 2.75) is 27.7 Å². The van der Waals surface area contributed by atoms with E-state index >= 15 is 0 Å². The van der Waals surface area contributed by atoms with Crippen molar-refractivity contribution in [3.8, 4) is 73.2 Å². The Kier molecular flexibility index (Phi) is 10.7. The summed E-state index contributed by atoms with van der Waals surface area (Å²) < 4.78 is 7.28. The summed E-state index contributed by atoms with van der Waals surface area (Å²) in [6.45, 7) is 8.65. The Balaban J connectivity index is 0.797. The van der Waals surface area contributed by atoms with Gasteiger partial charge in [0.15, 0.2) is 5.82 Å². The average Bonchev–Trinajstić information content (AvgIpc) is 4.20. The van der Waals surface area contributed by atoms with Gasteiger partial charge < -0.3 is 13.7 Å². The lowest BCUT2D eigenvalue weighted by atomic mass is 9.91. The summed E-state index contributed by atoms with van der Waals surface area (Å²) in [4.78, 5) is 10.3. The van der Waals surface area contributed by atoms with Crippen molar-refractivity contribution < 1.29 is 0 Å². The van der Waals surface area contributed by atoms with E-state index in [1.165, 1.54) is 98.9 Å². The minimum atomic E-state index is 0.723. The highest BCUT2D eigenvalue weighted by atomic mass is 15.0. The van der Waals surface area contributed by atoms with Gasteiger partial charge >= 0.3 is 0 Å². The summed E-state index contributed by atoms with van der Waals surface area (Å²) in [5.74, 6) is 0.723. The molecular weight excluding hydrogens is 959 g/mol. The second-order valence-electron chi connectivity index (χ2n) is 21.3. The van der Waals surface area contributed by atoms with E-state index in [1.807, 2.05) is 0 Å². The summed E-state index contributed by atoms with van der Waals surface area (Å²) in [7, 11) is 0. The van der Waals surface area contributed by atoms with Crippen LogP contribution in [0.15, 0.2) is 249 Å². The molecule has 15 aromatic rings. The van der Waals surface area contributed by atoms with Gasteiger partial charge in [-0.2, -0.15) is 0 Å². The zero-order valence-electron chi connectivity index (χ0n) is 44.4. The molecule has 0 saturated heterocycles. The predicted molar refractivity (Wildman–Crippen MR) is 331 cm³/mol. The van der Waals surface area contributed by atoms with Gasteiger partial charge in [-0.15, -0.1) is 0 Å². The minimum Gasteiger partial charge on any atom is -0.309 e. The number of fused-ring (bicyclic) bond motifs is 9. The maximum absolute atomic E-state index is 5.18. The molecule has 0 aliphatic carbocycles. The van der Waals surface area contributed by atoms with Gasteiger partial charge in [0.05, 0.1) is 44.5 Å². The van der Waals surface area contributed by atoms with E-state index < -0.39 is 0 Å². The van der Waals surface area contributed by atoms with Crippen LogP contribution in [0.4, 0.5) is 0 Å². The van der Waals surface area contributed by atoms with E-state index in [2.05, 4.69) is 290 Å². The Morgan fingerprint density at radius 3 is 1.05 bits per heavy atom. The van der Waals surface area contributed by atoms with Crippen LogP contribution in [0.2, 0.25) is 0 Å². The molecule has 0 unspecified atom stereocenters. The van der Waals surface area contributed by atoms with E-state index in [0.29, 0.717) is 0 Å². The third-order valence-electron chi connectivity index (χ3n) is 16.3. The molecule has 79 heavy (non-hydrogen) atoms. The van der Waals surface area contributed by atoms with Gasteiger partial charge in [0.2, 0.25) is 0 Å². The molecule has 4 aromatic heterocycles. The van der Waals surface area contributed by atoms with E-state index in [1.54, 1.807) is 0 Å². The fourth-order valence-electron chi connectivity index (χ4n) is 12.5. The highest BCUT2D eigenvalue weighted by molar-refractivity contribution is 6.14. The van der Waals surface area contributed by atoms with Gasteiger partial charge in [-0.05, 0) is 152 Å². The molecule has 0 aliphatic rings. The van der Waals surface area contributed by atoms with Crippen molar-refractivity contribution in [2.24, 2.45) is 0 Å². The fraction of sp³-hybridized carbons (Fsp3) is 0.0541. The van der Waals surface area contributed by atoms with Gasteiger partial charge in [0.25, 0.3) is 0 Å². The molecule has 0 atom stereocenters. The van der Waals surface area contributed by atoms with Gasteiger partial charge in [0, 0.05) is 66.1 Å². The van der Waals surface area contributed by atoms with E-state index in [9.17, 15) is 0 Å². The largest absolute Gasteiger partial charge is 0.309 e. The van der Waals surface area contributed by atoms with Crippen molar-refractivity contribution in [2.75, 3.05) is 0 Å². The molecule has 5 heteroatoms. The first-order valence-electron chi connectivity index (χ1n) is 27.2. The van der Waals surface area contributed by atoms with Crippen LogP contribution in [0.3, 0.4) is 0 Å². The van der Waals surface area contributed by atoms with Gasteiger partial charge in [0.1, 0.15) is 0 Å². The van der Waals surface area contributed by atoms with Crippen LogP contribution < -0.4 is 0 Å². The van der Waals surface area contributed by atoms with Crippen LogP contribution in [-0.2, 0) is 0 Å². The molecule has 5 nitrogen and oxygen atoms in total. The Labute approximate surface area is 458 Å². The molecule has 0 saturated carbocycles. The second-order valence-corrected chi connectivity index (χ2v) is 21.3. The quantitative estimate of drug-likeness (QED) is 0.152. The van der Waals surface area contributed by atoms with Gasteiger partial charge in [-0.3, -0.25) is 0 Å². The first kappa shape index (κ1) is 46.2. The molecule has 0 radical (unpaired) electrons. The highest BCUT2D eigenvalue weighted by Crippen LogP contribution is 2.41. The lowest BCUT2D eigenvalue weighted by Crippen LogP contribution is -1.97. The summed E-state index contributed by atoms with van der Waals surface area (Å²) in [6, 6.07) is 90.9. The first-order valence-corrected chi connectivity index (χ1v) is 27.2. The van der Waals surface area contributed by atoms with E-state index in [4.69, 9.17) is 9.97 Å². The standard InChI is InChI=1S/C74H53N5/c1-46-21-25-52(26-22-46)65-45-66(76-74(75-65)54-27-23-47(2)24-28-54)55-41-48(3)73(49(4)42-55)53-31-29-50(30-32-53)51-33-35-56(36-34-51)77-71-39-37-57(78-67-17-9-5-13-59(67)60-14-6-10-18-68(60)78)43-63(71)64-44-58(38-40-72(64)77)79-69-19-11-7-15-61(69)62-16-8-12-20-70(62)79/h5-45H,1-4H3. The molecule has 0 bridgehead atoms. The summed E-state index contributed by atoms with van der Waals surface area (Å²) >= 11 is 0. The molecule has 0 N–H and O–H groups in total. The van der Waals surface area contributed by atoms with Crippen molar-refractivity contribution in [1.29, 1.82) is 0 Å². The lowest BCUT2D eigenvalue weighted by Gasteiger charge is -2.15. The van der Waals surface area contributed by atoms with Crippen molar-refractivity contribution >= 4 is 65.4 Å². The van der Waals surface area contributed by atoms with Crippen LogP contribution in [0.1, 0.15) is 22.3 Å². The monoisotopic (exact) mass is 1010 g/mol.